The summed E-state index contributed by atoms with van der Waals surface area (Å²) in [5, 5.41) is 1.16. The minimum absolute atomic E-state index is 0.239. The van der Waals surface area contributed by atoms with Crippen molar-refractivity contribution >= 4 is 34.8 Å². The summed E-state index contributed by atoms with van der Waals surface area (Å²) in [6.07, 6.45) is 0.783. The lowest BCUT2D eigenvalue weighted by Crippen LogP contribution is -2.13. The SMILES string of the molecule is CC(C)(Cl)Cc1ccc(Cl)c(Cl)c1. The molecule has 72 valence electrons. The third-order valence-electron chi connectivity index (χ3n) is 1.61. The molecule has 0 unspecified atom stereocenters. The van der Waals surface area contributed by atoms with Crippen molar-refractivity contribution in [2.75, 3.05) is 0 Å². The van der Waals surface area contributed by atoms with E-state index in [1.807, 2.05) is 26.0 Å². The fourth-order valence-electron chi connectivity index (χ4n) is 1.13. The standard InChI is InChI=1S/C10H11Cl3/c1-10(2,13)6-7-3-4-8(11)9(12)5-7/h3-5H,6H2,1-2H3. The molecule has 0 saturated carbocycles. The van der Waals surface area contributed by atoms with Crippen LogP contribution in [0.3, 0.4) is 0 Å². The first kappa shape index (κ1) is 11.2. The zero-order chi connectivity index (χ0) is 10.1. The van der Waals surface area contributed by atoms with Crippen LogP contribution < -0.4 is 0 Å². The number of benzene rings is 1. The van der Waals surface area contributed by atoms with E-state index in [-0.39, 0.29) is 4.87 Å². The largest absolute Gasteiger partial charge is 0.120 e. The number of alkyl halides is 1. The molecule has 0 nitrogen and oxygen atoms in total. The monoisotopic (exact) mass is 236 g/mol. The zero-order valence-electron chi connectivity index (χ0n) is 7.57. The van der Waals surface area contributed by atoms with Gasteiger partial charge in [0.05, 0.1) is 10.0 Å². The van der Waals surface area contributed by atoms with E-state index in [0.717, 1.165) is 12.0 Å². The van der Waals surface area contributed by atoms with Gasteiger partial charge in [-0.1, -0.05) is 29.3 Å². The minimum Gasteiger partial charge on any atom is -0.120 e. The Balaban J connectivity index is 2.86. The number of halogens is 3. The maximum absolute atomic E-state index is 6.08. The molecule has 0 heterocycles. The van der Waals surface area contributed by atoms with Gasteiger partial charge in [-0.25, -0.2) is 0 Å². The summed E-state index contributed by atoms with van der Waals surface area (Å²) in [6, 6.07) is 5.59. The van der Waals surface area contributed by atoms with Crippen molar-refractivity contribution in [1.82, 2.24) is 0 Å². The van der Waals surface area contributed by atoms with Crippen LogP contribution in [0.4, 0.5) is 0 Å². The van der Waals surface area contributed by atoms with Crippen LogP contribution in [0.1, 0.15) is 19.4 Å². The van der Waals surface area contributed by atoms with Crippen molar-refractivity contribution in [3.8, 4) is 0 Å². The third kappa shape index (κ3) is 3.76. The molecular formula is C10H11Cl3. The first-order valence-electron chi connectivity index (χ1n) is 4.01. The van der Waals surface area contributed by atoms with Crippen LogP contribution in [0.5, 0.6) is 0 Å². The van der Waals surface area contributed by atoms with E-state index in [1.54, 1.807) is 6.07 Å². The molecule has 0 saturated heterocycles. The Morgan fingerprint density at radius 1 is 1.15 bits per heavy atom. The molecule has 0 bridgehead atoms. The second-order valence-electron chi connectivity index (χ2n) is 3.64. The quantitative estimate of drug-likeness (QED) is 0.662. The van der Waals surface area contributed by atoms with E-state index in [0.29, 0.717) is 10.0 Å². The van der Waals surface area contributed by atoms with E-state index in [2.05, 4.69) is 0 Å². The van der Waals surface area contributed by atoms with E-state index in [4.69, 9.17) is 34.8 Å². The second-order valence-corrected chi connectivity index (χ2v) is 5.48. The van der Waals surface area contributed by atoms with Gasteiger partial charge in [0, 0.05) is 4.87 Å². The average Bonchev–Trinajstić information content (AvgIpc) is 1.94. The molecule has 1 aromatic rings. The first-order valence-corrected chi connectivity index (χ1v) is 5.15. The van der Waals surface area contributed by atoms with Gasteiger partial charge in [0.15, 0.2) is 0 Å². The minimum atomic E-state index is -0.239. The van der Waals surface area contributed by atoms with Crippen molar-refractivity contribution in [3.63, 3.8) is 0 Å². The van der Waals surface area contributed by atoms with Crippen LogP contribution in [0.15, 0.2) is 18.2 Å². The molecular weight excluding hydrogens is 226 g/mol. The zero-order valence-corrected chi connectivity index (χ0v) is 9.84. The van der Waals surface area contributed by atoms with Gasteiger partial charge in [0.1, 0.15) is 0 Å². The van der Waals surface area contributed by atoms with Gasteiger partial charge in [0.25, 0.3) is 0 Å². The highest BCUT2D eigenvalue weighted by Crippen LogP contribution is 2.26. The fraction of sp³-hybridized carbons (Fsp3) is 0.400. The molecule has 0 aromatic heterocycles. The highest BCUT2D eigenvalue weighted by Gasteiger charge is 2.14. The van der Waals surface area contributed by atoms with Crippen LogP contribution in [0, 0.1) is 0 Å². The van der Waals surface area contributed by atoms with Crippen molar-refractivity contribution in [2.45, 2.75) is 25.1 Å². The molecule has 0 atom stereocenters. The molecule has 1 aromatic carbocycles. The van der Waals surface area contributed by atoms with Crippen molar-refractivity contribution < 1.29 is 0 Å². The summed E-state index contributed by atoms with van der Waals surface area (Å²) in [4.78, 5) is -0.239. The van der Waals surface area contributed by atoms with Crippen LogP contribution >= 0.6 is 34.8 Å². The third-order valence-corrected chi connectivity index (χ3v) is 2.48. The predicted molar refractivity (Wildman–Crippen MR) is 60.1 cm³/mol. The lowest BCUT2D eigenvalue weighted by Gasteiger charge is -2.15. The summed E-state index contributed by atoms with van der Waals surface area (Å²) >= 11 is 17.7. The molecule has 0 aliphatic heterocycles. The Kier molecular flexibility index (Phi) is 3.50. The van der Waals surface area contributed by atoms with E-state index in [9.17, 15) is 0 Å². The normalized spacial score (nSPS) is 11.8. The fourth-order valence-corrected chi connectivity index (χ4v) is 1.61. The van der Waals surface area contributed by atoms with Gasteiger partial charge >= 0.3 is 0 Å². The maximum atomic E-state index is 6.08. The van der Waals surface area contributed by atoms with Crippen LogP contribution in [-0.2, 0) is 6.42 Å². The van der Waals surface area contributed by atoms with Crippen molar-refractivity contribution in [2.24, 2.45) is 0 Å². The topological polar surface area (TPSA) is 0 Å². The Bertz CT molecular complexity index is 300. The molecule has 0 N–H and O–H groups in total. The van der Waals surface area contributed by atoms with E-state index in [1.165, 1.54) is 0 Å². The molecule has 0 radical (unpaired) electrons. The molecule has 13 heavy (non-hydrogen) atoms. The molecule has 3 heteroatoms. The van der Waals surface area contributed by atoms with Crippen LogP contribution in [0.25, 0.3) is 0 Å². The van der Waals surface area contributed by atoms with Gasteiger partial charge in [-0.05, 0) is 38.0 Å². The van der Waals surface area contributed by atoms with Gasteiger partial charge in [-0.3, -0.25) is 0 Å². The van der Waals surface area contributed by atoms with E-state index < -0.39 is 0 Å². The van der Waals surface area contributed by atoms with Crippen molar-refractivity contribution in [3.05, 3.63) is 33.8 Å². The Labute approximate surface area is 93.8 Å². The van der Waals surface area contributed by atoms with E-state index >= 15 is 0 Å². The maximum Gasteiger partial charge on any atom is 0.0595 e. The first-order chi connectivity index (χ1) is 5.88. The number of hydrogen-bond acceptors (Lipinski definition) is 0. The summed E-state index contributed by atoms with van der Waals surface area (Å²) < 4.78 is 0. The van der Waals surface area contributed by atoms with Crippen molar-refractivity contribution in [1.29, 1.82) is 0 Å². The molecule has 1 rings (SSSR count). The molecule has 0 aliphatic carbocycles. The van der Waals surface area contributed by atoms with Gasteiger partial charge < -0.3 is 0 Å². The molecule has 0 amide bonds. The Hall–Kier alpha value is 0.0900. The lowest BCUT2D eigenvalue weighted by molar-refractivity contribution is 0.694. The highest BCUT2D eigenvalue weighted by atomic mass is 35.5. The smallest absolute Gasteiger partial charge is 0.0595 e. The Morgan fingerprint density at radius 3 is 2.23 bits per heavy atom. The second kappa shape index (κ2) is 4.08. The number of hydrogen-bond donors (Lipinski definition) is 0. The summed E-state index contributed by atoms with van der Waals surface area (Å²) in [5.74, 6) is 0. The van der Waals surface area contributed by atoms with Gasteiger partial charge in [-0.2, -0.15) is 0 Å². The number of rotatable bonds is 2. The molecule has 0 aliphatic rings. The Morgan fingerprint density at radius 2 is 1.77 bits per heavy atom. The summed E-state index contributed by atoms with van der Waals surface area (Å²) in [7, 11) is 0. The van der Waals surface area contributed by atoms with Gasteiger partial charge in [-0.15, -0.1) is 11.6 Å². The lowest BCUT2D eigenvalue weighted by atomic mass is 10.0. The molecule has 0 spiro atoms. The average molecular weight is 238 g/mol. The summed E-state index contributed by atoms with van der Waals surface area (Å²) in [6.45, 7) is 3.94. The van der Waals surface area contributed by atoms with Crippen LogP contribution in [-0.4, -0.2) is 4.87 Å². The predicted octanol–water partition coefficient (Wildman–Crippen LogP) is 4.55. The summed E-state index contributed by atoms with van der Waals surface area (Å²) in [5.41, 5.74) is 1.11. The van der Waals surface area contributed by atoms with Gasteiger partial charge in [0.2, 0.25) is 0 Å². The highest BCUT2D eigenvalue weighted by molar-refractivity contribution is 6.42. The molecule has 0 fully saturated rings. The van der Waals surface area contributed by atoms with Crippen LogP contribution in [0.2, 0.25) is 10.0 Å².